The lowest BCUT2D eigenvalue weighted by atomic mass is 10.3. The molecule has 2 aromatic rings. The second kappa shape index (κ2) is 5.69. The van der Waals surface area contributed by atoms with E-state index in [2.05, 4.69) is 15.3 Å². The summed E-state index contributed by atoms with van der Waals surface area (Å²) in [6, 6.07) is 7.31. The van der Waals surface area contributed by atoms with Crippen LogP contribution in [-0.2, 0) is 0 Å². The standard InChI is InChI=1S/C12H14N4O/c13-10-1-3-11(4-2-10)17-8-7-16-12-9-14-5-6-15-12/h1-6,9H,7-8,13H2,(H,15,16). The highest BCUT2D eigenvalue weighted by atomic mass is 16.5. The Bertz CT molecular complexity index is 444. The molecule has 0 fully saturated rings. The van der Waals surface area contributed by atoms with Crippen LogP contribution >= 0.6 is 0 Å². The van der Waals surface area contributed by atoms with E-state index in [1.807, 2.05) is 24.3 Å². The van der Waals surface area contributed by atoms with Crippen LogP contribution < -0.4 is 15.8 Å². The maximum Gasteiger partial charge on any atom is 0.144 e. The van der Waals surface area contributed by atoms with E-state index in [4.69, 9.17) is 10.5 Å². The number of nitrogens with two attached hydrogens (primary N) is 1. The molecule has 0 aliphatic rings. The first-order valence-corrected chi connectivity index (χ1v) is 5.33. The van der Waals surface area contributed by atoms with Gasteiger partial charge in [-0.2, -0.15) is 0 Å². The fourth-order valence-corrected chi connectivity index (χ4v) is 1.30. The van der Waals surface area contributed by atoms with E-state index in [9.17, 15) is 0 Å². The van der Waals surface area contributed by atoms with Gasteiger partial charge in [0.1, 0.15) is 18.2 Å². The number of nitrogens with one attached hydrogen (secondary N) is 1. The first-order chi connectivity index (χ1) is 8.34. The largest absolute Gasteiger partial charge is 0.492 e. The Morgan fingerprint density at radius 2 is 2.00 bits per heavy atom. The van der Waals surface area contributed by atoms with Crippen LogP contribution in [0.4, 0.5) is 11.5 Å². The molecule has 0 radical (unpaired) electrons. The Kier molecular flexibility index (Phi) is 3.75. The molecular weight excluding hydrogens is 216 g/mol. The van der Waals surface area contributed by atoms with Crippen molar-refractivity contribution in [2.45, 2.75) is 0 Å². The minimum absolute atomic E-state index is 0.556. The molecule has 0 spiro atoms. The molecule has 17 heavy (non-hydrogen) atoms. The van der Waals surface area contributed by atoms with Gasteiger partial charge in [0, 0.05) is 18.1 Å². The summed E-state index contributed by atoms with van der Waals surface area (Å²) in [7, 11) is 0. The molecular formula is C12H14N4O. The first-order valence-electron chi connectivity index (χ1n) is 5.33. The van der Waals surface area contributed by atoms with Gasteiger partial charge in [0.05, 0.1) is 12.7 Å². The topological polar surface area (TPSA) is 73.1 Å². The van der Waals surface area contributed by atoms with Crippen LogP contribution in [0.25, 0.3) is 0 Å². The maximum absolute atomic E-state index is 5.57. The van der Waals surface area contributed by atoms with Gasteiger partial charge in [-0.15, -0.1) is 0 Å². The van der Waals surface area contributed by atoms with Crippen molar-refractivity contribution in [3.8, 4) is 5.75 Å². The number of rotatable bonds is 5. The van der Waals surface area contributed by atoms with Crippen LogP contribution in [0, 0.1) is 0 Å². The third-order valence-corrected chi connectivity index (χ3v) is 2.12. The van der Waals surface area contributed by atoms with Crippen molar-refractivity contribution in [3.05, 3.63) is 42.9 Å². The Labute approximate surface area is 99.7 Å². The number of anilines is 2. The summed E-state index contributed by atoms with van der Waals surface area (Å²) in [5.74, 6) is 1.55. The molecule has 0 aliphatic heterocycles. The molecule has 88 valence electrons. The van der Waals surface area contributed by atoms with Gasteiger partial charge in [-0.1, -0.05) is 0 Å². The molecule has 0 amide bonds. The van der Waals surface area contributed by atoms with Gasteiger partial charge in [-0.25, -0.2) is 4.98 Å². The Morgan fingerprint density at radius 3 is 2.71 bits per heavy atom. The van der Waals surface area contributed by atoms with Crippen LogP contribution in [0.1, 0.15) is 0 Å². The van der Waals surface area contributed by atoms with E-state index < -0.39 is 0 Å². The predicted molar refractivity (Wildman–Crippen MR) is 66.9 cm³/mol. The number of nitrogens with zero attached hydrogens (tertiary/aromatic N) is 2. The minimum atomic E-state index is 0.556. The van der Waals surface area contributed by atoms with E-state index >= 15 is 0 Å². The molecule has 1 aromatic heterocycles. The highest BCUT2D eigenvalue weighted by molar-refractivity contribution is 5.41. The molecule has 5 nitrogen and oxygen atoms in total. The van der Waals surface area contributed by atoms with Crippen molar-refractivity contribution in [2.24, 2.45) is 0 Å². The molecule has 0 atom stereocenters. The molecule has 5 heteroatoms. The zero-order valence-electron chi connectivity index (χ0n) is 9.34. The highest BCUT2D eigenvalue weighted by Gasteiger charge is 1.94. The van der Waals surface area contributed by atoms with Crippen LogP contribution in [0.3, 0.4) is 0 Å². The van der Waals surface area contributed by atoms with Gasteiger partial charge >= 0.3 is 0 Å². The Morgan fingerprint density at radius 1 is 1.18 bits per heavy atom. The van der Waals surface area contributed by atoms with E-state index in [1.165, 1.54) is 0 Å². The molecule has 0 unspecified atom stereocenters. The summed E-state index contributed by atoms with van der Waals surface area (Å²) in [5.41, 5.74) is 6.31. The second-order valence-corrected chi connectivity index (χ2v) is 3.43. The van der Waals surface area contributed by atoms with E-state index in [0.29, 0.717) is 13.2 Å². The first kappa shape index (κ1) is 11.2. The average molecular weight is 230 g/mol. The van der Waals surface area contributed by atoms with E-state index in [0.717, 1.165) is 17.3 Å². The normalized spacial score (nSPS) is 9.88. The van der Waals surface area contributed by atoms with Crippen molar-refractivity contribution in [1.29, 1.82) is 0 Å². The van der Waals surface area contributed by atoms with E-state index in [1.54, 1.807) is 18.6 Å². The molecule has 2 rings (SSSR count). The molecule has 1 heterocycles. The lowest BCUT2D eigenvalue weighted by molar-refractivity contribution is 0.333. The molecule has 0 saturated carbocycles. The van der Waals surface area contributed by atoms with Crippen molar-refractivity contribution in [2.75, 3.05) is 24.2 Å². The van der Waals surface area contributed by atoms with Crippen molar-refractivity contribution >= 4 is 11.5 Å². The second-order valence-electron chi connectivity index (χ2n) is 3.43. The average Bonchev–Trinajstić information content (AvgIpc) is 2.38. The summed E-state index contributed by atoms with van der Waals surface area (Å²) < 4.78 is 5.52. The molecule has 1 aromatic carbocycles. The van der Waals surface area contributed by atoms with Crippen LogP contribution in [0.5, 0.6) is 5.75 Å². The van der Waals surface area contributed by atoms with Gasteiger partial charge < -0.3 is 15.8 Å². The zero-order chi connectivity index (χ0) is 11.9. The van der Waals surface area contributed by atoms with Crippen molar-refractivity contribution < 1.29 is 4.74 Å². The third kappa shape index (κ3) is 3.64. The summed E-state index contributed by atoms with van der Waals surface area (Å²) in [6.45, 7) is 1.23. The number of hydrogen-bond acceptors (Lipinski definition) is 5. The van der Waals surface area contributed by atoms with Crippen LogP contribution in [0.2, 0.25) is 0 Å². The molecule has 3 N–H and O–H groups in total. The molecule has 0 aliphatic carbocycles. The van der Waals surface area contributed by atoms with Gasteiger partial charge in [-0.05, 0) is 24.3 Å². The fourth-order valence-electron chi connectivity index (χ4n) is 1.30. The number of benzene rings is 1. The highest BCUT2D eigenvalue weighted by Crippen LogP contribution is 2.12. The SMILES string of the molecule is Nc1ccc(OCCNc2cnccn2)cc1. The quantitative estimate of drug-likeness (QED) is 0.602. The smallest absolute Gasteiger partial charge is 0.144 e. The number of nitrogen functional groups attached to an aromatic ring is 1. The monoisotopic (exact) mass is 230 g/mol. The van der Waals surface area contributed by atoms with Gasteiger partial charge in [0.25, 0.3) is 0 Å². The molecule has 0 bridgehead atoms. The summed E-state index contributed by atoms with van der Waals surface area (Å²) in [4.78, 5) is 8.04. The Hall–Kier alpha value is -2.30. The minimum Gasteiger partial charge on any atom is -0.492 e. The number of hydrogen-bond donors (Lipinski definition) is 2. The van der Waals surface area contributed by atoms with Crippen LogP contribution in [0.15, 0.2) is 42.9 Å². The van der Waals surface area contributed by atoms with Crippen LogP contribution in [-0.4, -0.2) is 23.1 Å². The summed E-state index contributed by atoms with van der Waals surface area (Å²) in [6.07, 6.45) is 4.95. The summed E-state index contributed by atoms with van der Waals surface area (Å²) >= 11 is 0. The van der Waals surface area contributed by atoms with E-state index in [-0.39, 0.29) is 0 Å². The lowest BCUT2D eigenvalue weighted by Gasteiger charge is -2.07. The predicted octanol–water partition coefficient (Wildman–Crippen LogP) is 1.55. The Balaban J connectivity index is 1.71. The number of ether oxygens (including phenoxy) is 1. The van der Waals surface area contributed by atoms with Crippen molar-refractivity contribution in [3.63, 3.8) is 0 Å². The zero-order valence-corrected chi connectivity index (χ0v) is 9.34. The third-order valence-electron chi connectivity index (χ3n) is 2.12. The molecule has 0 saturated heterocycles. The fraction of sp³-hybridized carbons (Fsp3) is 0.167. The summed E-state index contributed by atoms with van der Waals surface area (Å²) in [5, 5.41) is 3.10. The van der Waals surface area contributed by atoms with Gasteiger partial charge in [0.15, 0.2) is 0 Å². The van der Waals surface area contributed by atoms with Gasteiger partial charge in [0.2, 0.25) is 0 Å². The lowest BCUT2D eigenvalue weighted by Crippen LogP contribution is -2.12. The van der Waals surface area contributed by atoms with Gasteiger partial charge in [-0.3, -0.25) is 4.98 Å². The van der Waals surface area contributed by atoms with Crippen molar-refractivity contribution in [1.82, 2.24) is 9.97 Å². The maximum atomic E-state index is 5.57. The number of aromatic nitrogens is 2.